The van der Waals surface area contributed by atoms with Gasteiger partial charge in [-0.1, -0.05) is 24.3 Å². The van der Waals surface area contributed by atoms with Crippen LogP contribution in [0.25, 0.3) is 21.9 Å². The third-order valence-electron chi connectivity index (χ3n) is 5.82. The van der Waals surface area contributed by atoms with Crippen LogP contribution < -0.4 is 4.90 Å². The van der Waals surface area contributed by atoms with Crippen LogP contribution in [0, 0.1) is 0 Å². The topological polar surface area (TPSA) is 71.2 Å². The summed E-state index contributed by atoms with van der Waals surface area (Å²) in [6, 6.07) is 12.2. The average molecular weight is 434 g/mol. The number of carboxylic acid groups (broad SMARTS) is 1. The second-order valence-electron chi connectivity index (χ2n) is 7.88. The van der Waals surface area contributed by atoms with Crippen molar-refractivity contribution in [3.05, 3.63) is 71.7 Å². The van der Waals surface area contributed by atoms with Crippen molar-refractivity contribution in [2.75, 3.05) is 11.4 Å². The molecule has 3 heterocycles. The lowest BCUT2D eigenvalue weighted by Gasteiger charge is -2.32. The molecule has 32 heavy (non-hydrogen) atoms. The number of carbonyl (C=O) groups is 1. The van der Waals surface area contributed by atoms with Crippen LogP contribution >= 0.6 is 0 Å². The van der Waals surface area contributed by atoms with E-state index in [-0.39, 0.29) is 11.3 Å². The number of halogens is 2. The number of benzene rings is 2. The quantitative estimate of drug-likeness (QED) is 0.469. The van der Waals surface area contributed by atoms with E-state index >= 15 is 0 Å². The van der Waals surface area contributed by atoms with Gasteiger partial charge in [-0.05, 0) is 47.6 Å². The fraction of sp³-hybridized carbons (Fsp3) is 0.208. The van der Waals surface area contributed by atoms with Gasteiger partial charge in [-0.2, -0.15) is 5.10 Å². The molecular weight excluding hydrogens is 414 g/mol. The fourth-order valence-corrected chi connectivity index (χ4v) is 4.36. The lowest BCUT2D eigenvalue weighted by Crippen LogP contribution is -2.26. The van der Waals surface area contributed by atoms with Crippen molar-refractivity contribution in [1.82, 2.24) is 14.8 Å². The Morgan fingerprint density at radius 2 is 2.00 bits per heavy atom. The van der Waals surface area contributed by atoms with Gasteiger partial charge in [0, 0.05) is 42.0 Å². The highest BCUT2D eigenvalue weighted by Gasteiger charge is 2.27. The lowest BCUT2D eigenvalue weighted by atomic mass is 9.93. The van der Waals surface area contributed by atoms with E-state index in [4.69, 9.17) is 0 Å². The zero-order valence-corrected chi connectivity index (χ0v) is 17.3. The Balaban J connectivity index is 1.72. The van der Waals surface area contributed by atoms with E-state index in [1.807, 2.05) is 35.2 Å². The summed E-state index contributed by atoms with van der Waals surface area (Å²) in [5.41, 5.74) is 2.50. The molecule has 4 aromatic rings. The van der Waals surface area contributed by atoms with E-state index in [0.29, 0.717) is 29.2 Å². The smallest absolute Gasteiger partial charge is 0.354 e. The predicted molar refractivity (Wildman–Crippen MR) is 118 cm³/mol. The van der Waals surface area contributed by atoms with Crippen molar-refractivity contribution in [1.29, 1.82) is 0 Å². The number of fused-ring (bicyclic) bond motifs is 2. The Morgan fingerprint density at radius 1 is 1.19 bits per heavy atom. The molecule has 0 fully saturated rings. The molecule has 1 N–H and O–H groups in total. The summed E-state index contributed by atoms with van der Waals surface area (Å²) >= 11 is 0. The summed E-state index contributed by atoms with van der Waals surface area (Å²) in [4.78, 5) is 18.0. The van der Waals surface area contributed by atoms with E-state index in [2.05, 4.69) is 10.1 Å². The molecule has 0 radical (unpaired) electrons. The lowest BCUT2D eigenvalue weighted by molar-refractivity contribution is 0.0690. The Kier molecular flexibility index (Phi) is 4.84. The number of rotatable bonds is 4. The second kappa shape index (κ2) is 7.71. The number of carboxylic acids is 1. The Labute approximate surface area is 182 Å². The highest BCUT2D eigenvalue weighted by Crippen LogP contribution is 2.42. The fourth-order valence-electron chi connectivity index (χ4n) is 4.36. The standard InChI is InChI=1S/C24H20F2N4O2/c1-29-13-16(12-27-29)18-9-15-6-4-8-30(21(15)11-19(18)22(25)26)23-17-7-3-2-5-14(17)10-20(28-23)24(31)32/h2-3,5,7,9-13,22H,4,6,8H2,1H3,(H,31,32). The van der Waals surface area contributed by atoms with Gasteiger partial charge in [-0.25, -0.2) is 18.6 Å². The molecule has 162 valence electrons. The number of anilines is 2. The number of hydrogen-bond acceptors (Lipinski definition) is 4. The van der Waals surface area contributed by atoms with E-state index in [1.54, 1.807) is 24.1 Å². The van der Waals surface area contributed by atoms with Gasteiger partial charge in [-0.3, -0.25) is 4.68 Å². The van der Waals surface area contributed by atoms with Crippen molar-refractivity contribution in [3.63, 3.8) is 0 Å². The maximum atomic E-state index is 14.1. The summed E-state index contributed by atoms with van der Waals surface area (Å²) in [5.74, 6) is -0.662. The first-order valence-corrected chi connectivity index (χ1v) is 10.3. The molecule has 0 saturated heterocycles. The van der Waals surface area contributed by atoms with Gasteiger partial charge in [0.1, 0.15) is 5.82 Å². The number of pyridine rings is 1. The molecular formula is C24H20F2N4O2. The van der Waals surface area contributed by atoms with Gasteiger partial charge in [0.2, 0.25) is 0 Å². The van der Waals surface area contributed by atoms with Crippen molar-refractivity contribution < 1.29 is 18.7 Å². The van der Waals surface area contributed by atoms with Crippen LogP contribution in [0.2, 0.25) is 0 Å². The van der Waals surface area contributed by atoms with Crippen LogP contribution in [0.3, 0.4) is 0 Å². The highest BCUT2D eigenvalue weighted by atomic mass is 19.3. The second-order valence-corrected chi connectivity index (χ2v) is 7.88. The molecule has 0 unspecified atom stereocenters. The summed E-state index contributed by atoms with van der Waals surface area (Å²) in [5, 5.41) is 15.2. The molecule has 0 aliphatic carbocycles. The molecule has 6 nitrogen and oxygen atoms in total. The first-order chi connectivity index (χ1) is 15.4. The van der Waals surface area contributed by atoms with E-state index < -0.39 is 12.4 Å². The maximum absolute atomic E-state index is 14.1. The first-order valence-electron chi connectivity index (χ1n) is 10.3. The monoisotopic (exact) mass is 434 g/mol. The molecule has 2 aromatic heterocycles. The molecule has 0 bridgehead atoms. The minimum Gasteiger partial charge on any atom is -0.477 e. The van der Waals surface area contributed by atoms with Crippen molar-refractivity contribution in [2.45, 2.75) is 19.3 Å². The molecule has 0 atom stereocenters. The summed E-state index contributed by atoms with van der Waals surface area (Å²) < 4.78 is 29.8. The van der Waals surface area contributed by atoms with Crippen LogP contribution in [-0.4, -0.2) is 32.4 Å². The molecule has 0 spiro atoms. The third-order valence-corrected chi connectivity index (χ3v) is 5.82. The number of nitrogens with zero attached hydrogens (tertiary/aromatic N) is 4. The van der Waals surface area contributed by atoms with Crippen LogP contribution in [0.4, 0.5) is 20.3 Å². The van der Waals surface area contributed by atoms with Gasteiger partial charge in [0.05, 0.1) is 6.20 Å². The normalized spacial score (nSPS) is 13.6. The number of alkyl halides is 2. The van der Waals surface area contributed by atoms with Crippen molar-refractivity contribution in [2.24, 2.45) is 7.05 Å². The van der Waals surface area contributed by atoms with E-state index in [0.717, 1.165) is 29.2 Å². The maximum Gasteiger partial charge on any atom is 0.354 e. The molecule has 5 rings (SSSR count). The summed E-state index contributed by atoms with van der Waals surface area (Å²) in [7, 11) is 1.75. The Morgan fingerprint density at radius 3 is 2.72 bits per heavy atom. The number of hydrogen-bond donors (Lipinski definition) is 1. The van der Waals surface area contributed by atoms with Gasteiger partial charge in [-0.15, -0.1) is 0 Å². The largest absolute Gasteiger partial charge is 0.477 e. The SMILES string of the molecule is Cn1cc(-c2cc3c(cc2C(F)F)N(c2nc(C(=O)O)cc4ccccc24)CCC3)cn1. The zero-order chi connectivity index (χ0) is 22.4. The molecule has 1 aliphatic rings. The zero-order valence-electron chi connectivity index (χ0n) is 17.3. The molecule has 8 heteroatoms. The van der Waals surface area contributed by atoms with Crippen LogP contribution in [0.5, 0.6) is 0 Å². The molecule has 0 amide bonds. The van der Waals surface area contributed by atoms with Gasteiger partial charge in [0.15, 0.2) is 5.69 Å². The highest BCUT2D eigenvalue weighted by molar-refractivity contribution is 5.99. The van der Waals surface area contributed by atoms with Crippen LogP contribution in [0.15, 0.2) is 54.9 Å². The molecule has 1 aliphatic heterocycles. The van der Waals surface area contributed by atoms with E-state index in [9.17, 15) is 18.7 Å². The first kappa shape index (κ1) is 20.1. The van der Waals surface area contributed by atoms with Crippen LogP contribution in [0.1, 0.15) is 34.5 Å². The number of aromatic carboxylic acids is 1. The third kappa shape index (κ3) is 3.37. The minimum absolute atomic E-state index is 0.0770. The Hall–Kier alpha value is -3.81. The number of aromatic nitrogens is 3. The Bertz CT molecular complexity index is 1350. The van der Waals surface area contributed by atoms with Crippen LogP contribution in [-0.2, 0) is 13.5 Å². The van der Waals surface area contributed by atoms with Crippen molar-refractivity contribution >= 4 is 28.2 Å². The van der Waals surface area contributed by atoms with Gasteiger partial charge < -0.3 is 10.0 Å². The summed E-state index contributed by atoms with van der Waals surface area (Å²) in [6.07, 6.45) is 2.16. The van der Waals surface area contributed by atoms with E-state index in [1.165, 1.54) is 12.1 Å². The average Bonchev–Trinajstić information content (AvgIpc) is 3.23. The van der Waals surface area contributed by atoms with Gasteiger partial charge >= 0.3 is 5.97 Å². The van der Waals surface area contributed by atoms with Gasteiger partial charge in [0.25, 0.3) is 6.43 Å². The molecule has 2 aromatic carbocycles. The summed E-state index contributed by atoms with van der Waals surface area (Å²) in [6.45, 7) is 0.558. The number of aryl methyl sites for hydroxylation is 2. The molecule has 0 saturated carbocycles. The predicted octanol–water partition coefficient (Wildman–Crippen LogP) is 5.36. The minimum atomic E-state index is -2.67. The van der Waals surface area contributed by atoms with Crippen molar-refractivity contribution in [3.8, 4) is 11.1 Å².